The zero-order chi connectivity index (χ0) is 10.4. The predicted molar refractivity (Wildman–Crippen MR) is 54.7 cm³/mol. The number of hydrogen-bond acceptors (Lipinski definition) is 3. The Labute approximate surface area is 90.9 Å². The number of alkyl halides is 1. The molecule has 0 saturated heterocycles. The molecule has 0 atom stereocenters. The van der Waals surface area contributed by atoms with E-state index < -0.39 is 0 Å². The van der Waals surface area contributed by atoms with E-state index in [1.807, 2.05) is 12.1 Å². The van der Waals surface area contributed by atoms with Gasteiger partial charge in [-0.25, -0.2) is 4.98 Å². The molecule has 0 bridgehead atoms. The molecule has 5 heteroatoms. The first-order valence-electron chi connectivity index (χ1n) is 4.24. The average molecular weight is 253 g/mol. The van der Waals surface area contributed by atoms with E-state index >= 15 is 0 Å². The van der Waals surface area contributed by atoms with Gasteiger partial charge < -0.3 is 4.57 Å². The standard InChI is InChI=1S/C9H9BrN4/c10-3-1-2-4-14-7-13-8(5-11)9(14)6-12/h7H,1-4H2. The highest BCUT2D eigenvalue weighted by atomic mass is 79.9. The van der Waals surface area contributed by atoms with Crippen LogP contribution in [0.2, 0.25) is 0 Å². The topological polar surface area (TPSA) is 65.4 Å². The fraction of sp³-hybridized carbons (Fsp3) is 0.444. The Morgan fingerprint density at radius 2 is 2.14 bits per heavy atom. The molecule has 4 nitrogen and oxygen atoms in total. The van der Waals surface area contributed by atoms with E-state index in [4.69, 9.17) is 10.5 Å². The maximum absolute atomic E-state index is 8.80. The SMILES string of the molecule is N#Cc1ncn(CCCCBr)c1C#N. The van der Waals surface area contributed by atoms with Crippen molar-refractivity contribution in [3.63, 3.8) is 0 Å². The van der Waals surface area contributed by atoms with E-state index in [-0.39, 0.29) is 5.69 Å². The normalized spacial score (nSPS) is 9.36. The molecule has 0 aliphatic rings. The second-order valence-corrected chi connectivity index (χ2v) is 3.55. The molecule has 1 aromatic rings. The highest BCUT2D eigenvalue weighted by molar-refractivity contribution is 9.09. The van der Waals surface area contributed by atoms with Crippen molar-refractivity contribution in [2.24, 2.45) is 0 Å². The third-order valence-corrected chi connectivity index (χ3v) is 2.39. The Bertz CT molecular complexity index is 382. The molecule has 0 fully saturated rings. The smallest absolute Gasteiger partial charge is 0.176 e. The monoisotopic (exact) mass is 252 g/mol. The molecular weight excluding hydrogens is 244 g/mol. The van der Waals surface area contributed by atoms with Crippen molar-refractivity contribution in [2.75, 3.05) is 5.33 Å². The molecule has 72 valence electrons. The summed E-state index contributed by atoms with van der Waals surface area (Å²) in [5.74, 6) is 0. The molecule has 1 aromatic heterocycles. The van der Waals surface area contributed by atoms with Gasteiger partial charge in [-0.05, 0) is 12.8 Å². The second kappa shape index (κ2) is 5.41. The van der Waals surface area contributed by atoms with Crippen LogP contribution in [-0.4, -0.2) is 14.9 Å². The summed E-state index contributed by atoms with van der Waals surface area (Å²) in [6.07, 6.45) is 3.57. The molecule has 0 amide bonds. The number of rotatable bonds is 4. The lowest BCUT2D eigenvalue weighted by Gasteiger charge is -2.01. The lowest BCUT2D eigenvalue weighted by atomic mass is 10.3. The zero-order valence-corrected chi connectivity index (χ0v) is 9.16. The number of hydrogen-bond donors (Lipinski definition) is 0. The molecule has 1 rings (SSSR count). The van der Waals surface area contributed by atoms with Crippen molar-refractivity contribution in [3.05, 3.63) is 17.7 Å². The maximum atomic E-state index is 8.80. The van der Waals surface area contributed by atoms with E-state index in [0.717, 1.165) is 24.7 Å². The first-order valence-corrected chi connectivity index (χ1v) is 5.37. The first kappa shape index (κ1) is 10.7. The largest absolute Gasteiger partial charge is 0.321 e. The minimum Gasteiger partial charge on any atom is -0.321 e. The van der Waals surface area contributed by atoms with Gasteiger partial charge in [0.1, 0.15) is 12.1 Å². The van der Waals surface area contributed by atoms with E-state index in [0.29, 0.717) is 5.69 Å². The highest BCUT2D eigenvalue weighted by Crippen LogP contribution is 2.07. The predicted octanol–water partition coefficient (Wildman–Crippen LogP) is 1.80. The van der Waals surface area contributed by atoms with Crippen molar-refractivity contribution in [1.29, 1.82) is 10.5 Å². The van der Waals surface area contributed by atoms with E-state index in [2.05, 4.69) is 20.9 Å². The van der Waals surface area contributed by atoms with Crippen LogP contribution in [0, 0.1) is 22.7 Å². The van der Waals surface area contributed by atoms with Crippen molar-refractivity contribution >= 4 is 15.9 Å². The van der Waals surface area contributed by atoms with E-state index in [1.165, 1.54) is 0 Å². The highest BCUT2D eigenvalue weighted by Gasteiger charge is 2.08. The summed E-state index contributed by atoms with van der Waals surface area (Å²) in [5.41, 5.74) is 0.577. The van der Waals surface area contributed by atoms with Crippen LogP contribution in [0.5, 0.6) is 0 Å². The van der Waals surface area contributed by atoms with Crippen molar-refractivity contribution in [1.82, 2.24) is 9.55 Å². The molecule has 0 unspecified atom stereocenters. The quantitative estimate of drug-likeness (QED) is 0.607. The van der Waals surface area contributed by atoms with Crippen LogP contribution in [0.3, 0.4) is 0 Å². The molecule has 14 heavy (non-hydrogen) atoms. The lowest BCUT2D eigenvalue weighted by Crippen LogP contribution is -2.00. The molecule has 0 saturated carbocycles. The van der Waals surface area contributed by atoms with Crippen LogP contribution >= 0.6 is 15.9 Å². The van der Waals surface area contributed by atoms with Crippen LogP contribution in [0.4, 0.5) is 0 Å². The molecule has 0 N–H and O–H groups in total. The number of nitrogens with zero attached hydrogens (tertiary/aromatic N) is 4. The summed E-state index contributed by atoms with van der Waals surface area (Å²) in [6, 6.07) is 3.88. The van der Waals surface area contributed by atoms with Gasteiger partial charge in [0.05, 0.1) is 6.33 Å². The summed E-state index contributed by atoms with van der Waals surface area (Å²) in [5, 5.41) is 18.4. The summed E-state index contributed by atoms with van der Waals surface area (Å²) in [4.78, 5) is 3.85. The second-order valence-electron chi connectivity index (χ2n) is 2.75. The van der Waals surface area contributed by atoms with Gasteiger partial charge >= 0.3 is 0 Å². The fourth-order valence-electron chi connectivity index (χ4n) is 1.13. The molecule has 0 aliphatic heterocycles. The van der Waals surface area contributed by atoms with Crippen LogP contribution < -0.4 is 0 Å². The van der Waals surface area contributed by atoms with Crippen LogP contribution in [0.25, 0.3) is 0 Å². The fourth-order valence-corrected chi connectivity index (χ4v) is 1.52. The third-order valence-electron chi connectivity index (χ3n) is 1.83. The summed E-state index contributed by atoms with van der Waals surface area (Å²) in [7, 11) is 0. The molecule has 0 radical (unpaired) electrons. The van der Waals surface area contributed by atoms with Gasteiger partial charge in [-0.1, -0.05) is 15.9 Å². The van der Waals surface area contributed by atoms with Gasteiger partial charge in [-0.15, -0.1) is 0 Å². The van der Waals surface area contributed by atoms with Gasteiger partial charge in [-0.2, -0.15) is 10.5 Å². The molecular formula is C9H9BrN4. The van der Waals surface area contributed by atoms with Crippen molar-refractivity contribution in [2.45, 2.75) is 19.4 Å². The Kier molecular flexibility index (Phi) is 4.15. The van der Waals surface area contributed by atoms with Gasteiger partial charge in [-0.3, -0.25) is 0 Å². The Morgan fingerprint density at radius 1 is 1.36 bits per heavy atom. The van der Waals surface area contributed by atoms with Crippen LogP contribution in [0.1, 0.15) is 24.2 Å². The number of nitriles is 2. The van der Waals surface area contributed by atoms with Crippen molar-refractivity contribution < 1.29 is 0 Å². The molecule has 0 aliphatic carbocycles. The number of unbranched alkanes of at least 4 members (excludes halogenated alkanes) is 1. The number of aromatic nitrogens is 2. The summed E-state index contributed by atoms with van der Waals surface area (Å²) >= 11 is 3.34. The Balaban J connectivity index is 2.74. The van der Waals surface area contributed by atoms with Crippen LogP contribution in [0.15, 0.2) is 6.33 Å². The van der Waals surface area contributed by atoms with Gasteiger partial charge in [0.15, 0.2) is 11.4 Å². The number of halogens is 1. The summed E-state index contributed by atoms with van der Waals surface area (Å²) in [6.45, 7) is 0.739. The molecule has 0 spiro atoms. The first-order chi connectivity index (χ1) is 6.83. The lowest BCUT2D eigenvalue weighted by molar-refractivity contribution is 0.630. The average Bonchev–Trinajstić information content (AvgIpc) is 2.60. The van der Waals surface area contributed by atoms with Crippen molar-refractivity contribution in [3.8, 4) is 12.1 Å². The molecule has 1 heterocycles. The summed E-state index contributed by atoms with van der Waals surface area (Å²) < 4.78 is 1.72. The number of imidazole rings is 1. The number of aryl methyl sites for hydroxylation is 1. The third kappa shape index (κ3) is 2.34. The van der Waals surface area contributed by atoms with Gasteiger partial charge in [0.2, 0.25) is 0 Å². The Hall–Kier alpha value is -1.33. The molecule has 0 aromatic carbocycles. The van der Waals surface area contributed by atoms with Crippen LogP contribution in [-0.2, 0) is 6.54 Å². The Morgan fingerprint density at radius 3 is 2.71 bits per heavy atom. The van der Waals surface area contributed by atoms with Gasteiger partial charge in [0, 0.05) is 11.9 Å². The minimum atomic E-state index is 0.214. The van der Waals surface area contributed by atoms with E-state index in [1.54, 1.807) is 10.9 Å². The maximum Gasteiger partial charge on any atom is 0.176 e. The zero-order valence-electron chi connectivity index (χ0n) is 7.57. The van der Waals surface area contributed by atoms with Gasteiger partial charge in [0.25, 0.3) is 0 Å². The van der Waals surface area contributed by atoms with E-state index in [9.17, 15) is 0 Å². The minimum absolute atomic E-state index is 0.214.